The average molecular weight is 406 g/mol. The molecule has 1 fully saturated rings. The van der Waals surface area contributed by atoms with Crippen LogP contribution in [0, 0.1) is 0 Å². The summed E-state index contributed by atoms with van der Waals surface area (Å²) in [5, 5.41) is 13.3. The number of ether oxygens (including phenoxy) is 1. The fourth-order valence-electron chi connectivity index (χ4n) is 2.25. The summed E-state index contributed by atoms with van der Waals surface area (Å²) in [6.45, 7) is 22.0. The van der Waals surface area contributed by atoms with Gasteiger partial charge in [-0.15, -0.1) is 0 Å². The molecule has 0 bridgehead atoms. The first-order valence-electron chi connectivity index (χ1n) is 9.38. The van der Waals surface area contributed by atoms with Crippen LogP contribution in [0.5, 0.6) is 0 Å². The molecule has 0 aliphatic carbocycles. The zero-order chi connectivity index (χ0) is 20.6. The lowest BCUT2D eigenvalue weighted by molar-refractivity contribution is -0.115. The first-order valence-corrected chi connectivity index (χ1v) is 15.2. The van der Waals surface area contributed by atoms with E-state index in [0.29, 0.717) is 13.0 Å². The first-order chi connectivity index (χ1) is 11.5. The van der Waals surface area contributed by atoms with Gasteiger partial charge in [-0.3, -0.25) is 4.79 Å². The van der Waals surface area contributed by atoms with Gasteiger partial charge in [0.25, 0.3) is 0 Å². The van der Waals surface area contributed by atoms with Crippen molar-refractivity contribution in [3.8, 4) is 0 Å². The Morgan fingerprint density at radius 3 is 1.96 bits per heavy atom. The van der Waals surface area contributed by atoms with Crippen LogP contribution in [0.3, 0.4) is 0 Å². The maximum atomic E-state index is 10.9. The fourth-order valence-corrected chi connectivity index (χ4v) is 4.59. The molecule has 0 aromatic rings. The van der Waals surface area contributed by atoms with Crippen LogP contribution >= 0.6 is 0 Å². The third kappa shape index (κ3) is 5.39. The standard InChI is InChI=1S/C18H39NO5Si2/c1-17(2,3)25(7,8)22-11-13-15(14(21)16(23-13)19-12-20)24-26(9,10)18(4,5)6/h12-16,21H,11H2,1-10H3,(H,19,20)/t13-,14-,15-,16-/m1/s1. The van der Waals surface area contributed by atoms with Crippen molar-refractivity contribution in [2.75, 3.05) is 6.61 Å². The molecule has 0 aromatic heterocycles. The molecule has 0 saturated carbocycles. The summed E-state index contributed by atoms with van der Waals surface area (Å²) in [4.78, 5) is 10.9. The van der Waals surface area contributed by atoms with E-state index in [1.807, 2.05) is 0 Å². The maximum absolute atomic E-state index is 10.9. The van der Waals surface area contributed by atoms with Gasteiger partial charge < -0.3 is 24.0 Å². The van der Waals surface area contributed by atoms with Crippen LogP contribution in [-0.2, 0) is 18.4 Å². The second-order valence-electron chi connectivity index (χ2n) is 10.3. The van der Waals surface area contributed by atoms with Crippen LogP contribution in [0.25, 0.3) is 0 Å². The highest BCUT2D eigenvalue weighted by Gasteiger charge is 2.50. The number of hydrogen-bond donors (Lipinski definition) is 2. The number of hydrogen-bond acceptors (Lipinski definition) is 5. The molecule has 2 N–H and O–H groups in total. The molecule has 0 aromatic carbocycles. The summed E-state index contributed by atoms with van der Waals surface area (Å²) in [5.41, 5.74) is 0. The Kier molecular flexibility index (Phi) is 7.32. The second-order valence-corrected chi connectivity index (χ2v) is 19.8. The number of aliphatic hydroxyl groups is 1. The number of amides is 1. The zero-order valence-corrected chi connectivity index (χ0v) is 20.2. The predicted octanol–water partition coefficient (Wildman–Crippen LogP) is 3.23. The van der Waals surface area contributed by atoms with E-state index in [1.165, 1.54) is 0 Å². The molecule has 0 radical (unpaired) electrons. The average Bonchev–Trinajstić information content (AvgIpc) is 2.72. The summed E-state index contributed by atoms with van der Waals surface area (Å²) in [7, 11) is -4.07. The van der Waals surface area contributed by atoms with Crippen molar-refractivity contribution in [2.45, 2.75) is 102 Å². The number of rotatable bonds is 7. The van der Waals surface area contributed by atoms with Crippen molar-refractivity contribution < 1.29 is 23.5 Å². The highest BCUT2D eigenvalue weighted by atomic mass is 28.4. The van der Waals surface area contributed by atoms with Crippen LogP contribution in [0.15, 0.2) is 0 Å². The monoisotopic (exact) mass is 405 g/mol. The van der Waals surface area contributed by atoms with E-state index < -0.39 is 41.2 Å². The SMILES string of the molecule is CC(C)(C)[Si](C)(C)OC[C@H]1O[C@@H](NC=O)[C@H](O)[C@@H]1O[Si](C)(C)C(C)(C)C. The molecule has 1 amide bonds. The molecule has 1 heterocycles. The van der Waals surface area contributed by atoms with Gasteiger partial charge in [-0.1, -0.05) is 41.5 Å². The lowest BCUT2D eigenvalue weighted by Crippen LogP contribution is -2.51. The largest absolute Gasteiger partial charge is 0.414 e. The minimum absolute atomic E-state index is 0.00767. The molecule has 1 aliphatic heterocycles. The third-order valence-corrected chi connectivity index (χ3v) is 15.2. The third-order valence-electron chi connectivity index (χ3n) is 6.22. The zero-order valence-electron chi connectivity index (χ0n) is 18.2. The van der Waals surface area contributed by atoms with Crippen molar-refractivity contribution in [2.24, 2.45) is 0 Å². The lowest BCUT2D eigenvalue weighted by Gasteiger charge is -2.41. The smallest absolute Gasteiger partial charge is 0.209 e. The Bertz CT molecular complexity index is 485. The number of carbonyl (C=O) groups excluding carboxylic acids is 1. The molecule has 154 valence electrons. The van der Waals surface area contributed by atoms with E-state index in [2.05, 4.69) is 73.0 Å². The van der Waals surface area contributed by atoms with Gasteiger partial charge in [-0.05, 0) is 36.3 Å². The van der Waals surface area contributed by atoms with Crippen molar-refractivity contribution in [1.29, 1.82) is 0 Å². The second kappa shape index (κ2) is 8.01. The van der Waals surface area contributed by atoms with E-state index in [4.69, 9.17) is 13.6 Å². The number of aliphatic hydroxyl groups excluding tert-OH is 1. The summed E-state index contributed by atoms with van der Waals surface area (Å²) in [6, 6.07) is 0. The maximum Gasteiger partial charge on any atom is 0.209 e. The fraction of sp³-hybridized carbons (Fsp3) is 0.944. The van der Waals surface area contributed by atoms with E-state index in [9.17, 15) is 9.90 Å². The Morgan fingerprint density at radius 2 is 1.54 bits per heavy atom. The Morgan fingerprint density at radius 1 is 1.04 bits per heavy atom. The molecule has 1 rings (SSSR count). The summed E-state index contributed by atoms with van der Waals surface area (Å²) >= 11 is 0. The van der Waals surface area contributed by atoms with Gasteiger partial charge in [-0.2, -0.15) is 0 Å². The van der Waals surface area contributed by atoms with Gasteiger partial charge in [0, 0.05) is 0 Å². The summed E-state index contributed by atoms with van der Waals surface area (Å²) < 4.78 is 18.7. The van der Waals surface area contributed by atoms with Gasteiger partial charge in [0.2, 0.25) is 6.41 Å². The van der Waals surface area contributed by atoms with Crippen molar-refractivity contribution in [1.82, 2.24) is 5.32 Å². The van der Waals surface area contributed by atoms with Crippen LogP contribution in [-0.4, -0.2) is 59.3 Å². The Hall–Kier alpha value is -0.256. The van der Waals surface area contributed by atoms with Gasteiger partial charge in [0.1, 0.15) is 18.3 Å². The highest BCUT2D eigenvalue weighted by Crippen LogP contribution is 2.40. The minimum Gasteiger partial charge on any atom is -0.414 e. The van der Waals surface area contributed by atoms with Crippen LogP contribution < -0.4 is 5.32 Å². The molecule has 0 unspecified atom stereocenters. The Labute approximate surface area is 161 Å². The van der Waals surface area contributed by atoms with Gasteiger partial charge >= 0.3 is 0 Å². The van der Waals surface area contributed by atoms with Crippen LogP contribution in [0.4, 0.5) is 0 Å². The molecular weight excluding hydrogens is 366 g/mol. The molecule has 4 atom stereocenters. The van der Waals surface area contributed by atoms with Crippen molar-refractivity contribution in [3.63, 3.8) is 0 Å². The van der Waals surface area contributed by atoms with Gasteiger partial charge in [0.05, 0.1) is 6.61 Å². The van der Waals surface area contributed by atoms with E-state index in [1.54, 1.807) is 0 Å². The van der Waals surface area contributed by atoms with E-state index in [0.717, 1.165) is 0 Å². The van der Waals surface area contributed by atoms with Crippen LogP contribution in [0.2, 0.25) is 36.3 Å². The molecule has 1 aliphatic rings. The molecule has 6 nitrogen and oxygen atoms in total. The summed E-state index contributed by atoms with van der Waals surface area (Å²) in [5.74, 6) is 0. The molecule has 0 spiro atoms. The Balaban J connectivity index is 2.97. The topological polar surface area (TPSA) is 77.0 Å². The highest BCUT2D eigenvalue weighted by molar-refractivity contribution is 6.74. The van der Waals surface area contributed by atoms with Crippen molar-refractivity contribution >= 4 is 23.0 Å². The summed E-state index contributed by atoms with van der Waals surface area (Å²) in [6.07, 6.45) is -2.06. The molecule has 8 heteroatoms. The molecule has 26 heavy (non-hydrogen) atoms. The molecule has 1 saturated heterocycles. The van der Waals surface area contributed by atoms with Gasteiger partial charge in [-0.25, -0.2) is 0 Å². The van der Waals surface area contributed by atoms with Crippen LogP contribution in [0.1, 0.15) is 41.5 Å². The predicted molar refractivity (Wildman–Crippen MR) is 109 cm³/mol. The minimum atomic E-state index is -2.12. The van der Waals surface area contributed by atoms with E-state index >= 15 is 0 Å². The molecular formula is C18H39NO5Si2. The lowest BCUT2D eigenvalue weighted by atomic mass is 10.1. The van der Waals surface area contributed by atoms with E-state index in [-0.39, 0.29) is 10.1 Å². The number of nitrogens with one attached hydrogen (secondary N) is 1. The normalized spacial score (nSPS) is 28.3. The van der Waals surface area contributed by atoms with Gasteiger partial charge in [0.15, 0.2) is 22.9 Å². The first kappa shape index (κ1) is 23.8. The quantitative estimate of drug-likeness (QED) is 0.502. The number of carbonyl (C=O) groups is 1. The van der Waals surface area contributed by atoms with Crippen molar-refractivity contribution in [3.05, 3.63) is 0 Å².